The highest BCUT2D eigenvalue weighted by molar-refractivity contribution is 6.34. The van der Waals surface area contributed by atoms with Crippen LogP contribution in [0.5, 0.6) is 0 Å². The molecule has 0 aliphatic rings. The van der Waals surface area contributed by atoms with Crippen molar-refractivity contribution >= 4 is 29.1 Å². The van der Waals surface area contributed by atoms with Gasteiger partial charge in [0.1, 0.15) is 0 Å². The van der Waals surface area contributed by atoms with E-state index in [9.17, 15) is 14.9 Å². The summed E-state index contributed by atoms with van der Waals surface area (Å²) in [6.07, 6.45) is 0. The second kappa shape index (κ2) is 5.61. The number of carbonyl (C=O) groups is 1. The largest absolute Gasteiger partial charge is 0.289 e. The van der Waals surface area contributed by atoms with E-state index in [4.69, 9.17) is 11.6 Å². The lowest BCUT2D eigenvalue weighted by molar-refractivity contribution is -0.384. The van der Waals surface area contributed by atoms with E-state index in [1.807, 2.05) is 0 Å². The van der Waals surface area contributed by atoms with Crippen molar-refractivity contribution in [2.24, 2.45) is 0 Å². The number of nitrogens with one attached hydrogen (secondary N) is 1. The number of anilines is 1. The van der Waals surface area contributed by atoms with E-state index in [1.165, 1.54) is 16.8 Å². The third-order valence-electron chi connectivity index (χ3n) is 2.46. The summed E-state index contributed by atoms with van der Waals surface area (Å²) in [6, 6.07) is 3.60. The molecule has 0 radical (unpaired) electrons. The van der Waals surface area contributed by atoms with Crippen LogP contribution in [0.3, 0.4) is 0 Å². The van der Waals surface area contributed by atoms with E-state index in [0.29, 0.717) is 6.54 Å². The molecule has 1 N–H and O–H groups in total. The topological polar surface area (TPSA) is 116 Å². The van der Waals surface area contributed by atoms with Gasteiger partial charge < -0.3 is 0 Å². The number of benzene rings is 1. The summed E-state index contributed by atoms with van der Waals surface area (Å²) in [4.78, 5) is 22.1. The van der Waals surface area contributed by atoms with Gasteiger partial charge in [0.25, 0.3) is 11.6 Å². The predicted octanol–water partition coefficient (Wildman–Crippen LogP) is 1.51. The summed E-state index contributed by atoms with van der Waals surface area (Å²) < 4.78 is 1.36. The molecule has 0 saturated carbocycles. The SMILES string of the molecule is CCn1nnnc1NC(=O)c1cc([N+](=O)[O-])ccc1Cl. The van der Waals surface area contributed by atoms with Gasteiger partial charge in [0.15, 0.2) is 0 Å². The lowest BCUT2D eigenvalue weighted by atomic mass is 10.2. The van der Waals surface area contributed by atoms with Gasteiger partial charge in [-0.05, 0) is 23.4 Å². The van der Waals surface area contributed by atoms with Crippen LogP contribution in [-0.2, 0) is 6.54 Å². The Kier molecular flexibility index (Phi) is 3.89. The Labute approximate surface area is 117 Å². The zero-order chi connectivity index (χ0) is 14.7. The number of hydrogen-bond donors (Lipinski definition) is 1. The normalized spacial score (nSPS) is 10.3. The molecule has 1 aromatic heterocycles. The molecular weight excluding hydrogens is 288 g/mol. The van der Waals surface area contributed by atoms with E-state index in [0.717, 1.165) is 6.07 Å². The van der Waals surface area contributed by atoms with Crippen LogP contribution in [0.2, 0.25) is 5.02 Å². The minimum Gasteiger partial charge on any atom is -0.289 e. The van der Waals surface area contributed by atoms with Gasteiger partial charge in [-0.2, -0.15) is 0 Å². The summed E-state index contributed by atoms with van der Waals surface area (Å²) >= 11 is 5.87. The number of aromatic nitrogens is 4. The highest BCUT2D eigenvalue weighted by atomic mass is 35.5. The molecule has 9 nitrogen and oxygen atoms in total. The van der Waals surface area contributed by atoms with Crippen LogP contribution in [-0.4, -0.2) is 31.0 Å². The van der Waals surface area contributed by atoms with Crippen molar-refractivity contribution in [3.8, 4) is 0 Å². The van der Waals surface area contributed by atoms with Crippen LogP contribution in [0.15, 0.2) is 18.2 Å². The number of hydrogen-bond acceptors (Lipinski definition) is 6. The Morgan fingerprint density at radius 3 is 2.95 bits per heavy atom. The number of halogens is 1. The molecule has 0 atom stereocenters. The molecule has 10 heteroatoms. The number of non-ortho nitro benzene ring substituents is 1. The molecular formula is C10H9ClN6O3. The van der Waals surface area contributed by atoms with Gasteiger partial charge in [0, 0.05) is 18.7 Å². The zero-order valence-corrected chi connectivity index (χ0v) is 11.0. The van der Waals surface area contributed by atoms with Gasteiger partial charge in [-0.25, -0.2) is 4.68 Å². The lowest BCUT2D eigenvalue weighted by Crippen LogP contribution is -2.16. The third-order valence-corrected chi connectivity index (χ3v) is 2.79. The number of nitro groups is 1. The maximum Gasteiger partial charge on any atom is 0.270 e. The number of carbonyl (C=O) groups excluding carboxylic acids is 1. The molecule has 1 heterocycles. The van der Waals surface area contributed by atoms with Crippen molar-refractivity contribution in [2.45, 2.75) is 13.5 Å². The summed E-state index contributed by atoms with van der Waals surface area (Å²) in [5, 5.41) is 23.9. The van der Waals surface area contributed by atoms with Crippen molar-refractivity contribution in [2.75, 3.05) is 5.32 Å². The van der Waals surface area contributed by atoms with Gasteiger partial charge >= 0.3 is 0 Å². The third kappa shape index (κ3) is 2.72. The number of aryl methyl sites for hydroxylation is 1. The highest BCUT2D eigenvalue weighted by Crippen LogP contribution is 2.22. The number of nitrogens with zero attached hydrogens (tertiary/aromatic N) is 5. The first-order chi connectivity index (χ1) is 9.52. The van der Waals surface area contributed by atoms with E-state index in [1.54, 1.807) is 6.92 Å². The van der Waals surface area contributed by atoms with Crippen molar-refractivity contribution in [1.82, 2.24) is 20.2 Å². The van der Waals surface area contributed by atoms with E-state index in [-0.39, 0.29) is 22.2 Å². The number of nitro benzene ring substituents is 1. The maximum absolute atomic E-state index is 12.0. The van der Waals surface area contributed by atoms with Crippen LogP contribution in [0, 0.1) is 10.1 Å². The maximum atomic E-state index is 12.0. The van der Waals surface area contributed by atoms with Gasteiger partial charge in [-0.1, -0.05) is 16.7 Å². The molecule has 104 valence electrons. The first kappa shape index (κ1) is 13.9. The molecule has 0 aliphatic heterocycles. The Bertz CT molecular complexity index is 671. The molecule has 2 aromatic rings. The fraction of sp³-hybridized carbons (Fsp3) is 0.200. The Hall–Kier alpha value is -2.55. The summed E-state index contributed by atoms with van der Waals surface area (Å²) in [7, 11) is 0. The van der Waals surface area contributed by atoms with Crippen molar-refractivity contribution < 1.29 is 9.72 Å². The summed E-state index contributed by atoms with van der Waals surface area (Å²) in [5.41, 5.74) is -0.249. The Morgan fingerprint density at radius 2 is 2.30 bits per heavy atom. The molecule has 0 spiro atoms. The second-order valence-corrected chi connectivity index (χ2v) is 4.10. The number of amides is 1. The molecule has 0 saturated heterocycles. The van der Waals surface area contributed by atoms with Crippen LogP contribution in [0.1, 0.15) is 17.3 Å². The Balaban J connectivity index is 2.29. The average Bonchev–Trinajstić information content (AvgIpc) is 2.86. The minimum atomic E-state index is -0.622. The monoisotopic (exact) mass is 296 g/mol. The molecule has 0 aliphatic carbocycles. The highest BCUT2D eigenvalue weighted by Gasteiger charge is 2.17. The fourth-order valence-electron chi connectivity index (χ4n) is 1.48. The predicted molar refractivity (Wildman–Crippen MR) is 69.6 cm³/mol. The quantitative estimate of drug-likeness (QED) is 0.675. The summed E-state index contributed by atoms with van der Waals surface area (Å²) in [5.74, 6) is -0.483. The van der Waals surface area contributed by atoms with E-state index < -0.39 is 10.8 Å². The van der Waals surface area contributed by atoms with Crippen LogP contribution in [0.4, 0.5) is 11.6 Å². The molecule has 0 fully saturated rings. The van der Waals surface area contributed by atoms with E-state index >= 15 is 0 Å². The molecule has 2 rings (SSSR count). The standard InChI is InChI=1S/C10H9ClN6O3/c1-2-16-10(13-14-15-16)12-9(18)7-5-6(17(19)20)3-4-8(7)11/h3-5H,2H2,1H3,(H,12,13,15,18). The summed E-state index contributed by atoms with van der Waals surface area (Å²) in [6.45, 7) is 2.26. The number of tetrazole rings is 1. The van der Waals surface area contributed by atoms with Gasteiger partial charge in [-0.15, -0.1) is 0 Å². The zero-order valence-electron chi connectivity index (χ0n) is 10.3. The van der Waals surface area contributed by atoms with Crippen molar-refractivity contribution in [3.05, 3.63) is 38.9 Å². The van der Waals surface area contributed by atoms with Crippen molar-refractivity contribution in [3.63, 3.8) is 0 Å². The van der Waals surface area contributed by atoms with Crippen molar-refractivity contribution in [1.29, 1.82) is 0 Å². The molecule has 0 bridgehead atoms. The molecule has 1 amide bonds. The molecule has 1 aromatic carbocycles. The lowest BCUT2D eigenvalue weighted by Gasteiger charge is -2.05. The second-order valence-electron chi connectivity index (χ2n) is 3.69. The Morgan fingerprint density at radius 1 is 1.55 bits per heavy atom. The molecule has 20 heavy (non-hydrogen) atoms. The fourth-order valence-corrected chi connectivity index (χ4v) is 1.68. The molecule has 0 unspecified atom stereocenters. The first-order valence-corrected chi connectivity index (χ1v) is 5.92. The van der Waals surface area contributed by atoms with Crippen LogP contribution < -0.4 is 5.32 Å². The van der Waals surface area contributed by atoms with E-state index in [2.05, 4.69) is 20.8 Å². The minimum absolute atomic E-state index is 0.0217. The van der Waals surface area contributed by atoms with Gasteiger partial charge in [0.2, 0.25) is 5.95 Å². The van der Waals surface area contributed by atoms with Gasteiger partial charge in [-0.3, -0.25) is 20.2 Å². The van der Waals surface area contributed by atoms with Crippen LogP contribution >= 0.6 is 11.6 Å². The average molecular weight is 297 g/mol. The van der Waals surface area contributed by atoms with Gasteiger partial charge in [0.05, 0.1) is 15.5 Å². The van der Waals surface area contributed by atoms with Crippen LogP contribution in [0.25, 0.3) is 0 Å². The smallest absolute Gasteiger partial charge is 0.270 e. The first-order valence-electron chi connectivity index (χ1n) is 5.54. The number of rotatable bonds is 4.